The fourth-order valence-electron chi connectivity index (χ4n) is 1.29. The topological polar surface area (TPSA) is 102 Å². The van der Waals surface area contributed by atoms with Crippen molar-refractivity contribution in [1.82, 2.24) is 25.3 Å². The molecule has 2 aromatic heterocycles. The fourth-order valence-corrected chi connectivity index (χ4v) is 1.29. The summed E-state index contributed by atoms with van der Waals surface area (Å²) in [4.78, 5) is 11.6. The van der Waals surface area contributed by atoms with Gasteiger partial charge in [0.25, 0.3) is 5.91 Å². The maximum absolute atomic E-state index is 11.6. The van der Waals surface area contributed by atoms with Gasteiger partial charge in [0, 0.05) is 31.4 Å². The van der Waals surface area contributed by atoms with Gasteiger partial charge in [0.1, 0.15) is 11.5 Å². The number of hydrogen-bond acceptors (Lipinski definition) is 4. The molecule has 0 aliphatic rings. The summed E-state index contributed by atoms with van der Waals surface area (Å²) in [6.45, 7) is 0.422. The molecular formula is C9H12N6O. The van der Waals surface area contributed by atoms with Crippen LogP contribution in [0.3, 0.4) is 0 Å². The Morgan fingerprint density at radius 1 is 1.69 bits per heavy atom. The summed E-state index contributed by atoms with van der Waals surface area (Å²) in [6.07, 6.45) is 3.53. The Kier molecular flexibility index (Phi) is 2.59. The van der Waals surface area contributed by atoms with Crippen molar-refractivity contribution in [3.05, 3.63) is 29.7 Å². The SMILES string of the molecule is Cn1cc(CNC(=O)c2cc(N)n[nH]2)cn1. The molecule has 0 aromatic carbocycles. The molecule has 2 rings (SSSR count). The third-order valence-corrected chi connectivity index (χ3v) is 2.05. The summed E-state index contributed by atoms with van der Waals surface area (Å²) in [6, 6.07) is 1.48. The molecule has 7 nitrogen and oxygen atoms in total. The first-order valence-electron chi connectivity index (χ1n) is 4.72. The number of carbonyl (C=O) groups excluding carboxylic acids is 1. The second kappa shape index (κ2) is 4.05. The summed E-state index contributed by atoms with van der Waals surface area (Å²) >= 11 is 0. The van der Waals surface area contributed by atoms with E-state index < -0.39 is 0 Å². The third kappa shape index (κ3) is 2.19. The molecule has 0 aliphatic heterocycles. The molecule has 0 bridgehead atoms. The lowest BCUT2D eigenvalue weighted by Crippen LogP contribution is -2.22. The van der Waals surface area contributed by atoms with Gasteiger partial charge in [0.2, 0.25) is 0 Å². The van der Waals surface area contributed by atoms with Crippen LogP contribution in [0.25, 0.3) is 0 Å². The first-order valence-corrected chi connectivity index (χ1v) is 4.72. The predicted molar refractivity (Wildman–Crippen MR) is 57.4 cm³/mol. The lowest BCUT2D eigenvalue weighted by molar-refractivity contribution is 0.0946. The van der Waals surface area contributed by atoms with Crippen LogP contribution in [0.2, 0.25) is 0 Å². The van der Waals surface area contributed by atoms with Crippen molar-refractivity contribution >= 4 is 11.7 Å². The molecule has 0 saturated carbocycles. The summed E-state index contributed by atoms with van der Waals surface area (Å²) in [5.74, 6) is 0.0552. The van der Waals surface area contributed by atoms with Crippen molar-refractivity contribution in [3.63, 3.8) is 0 Å². The smallest absolute Gasteiger partial charge is 0.269 e. The van der Waals surface area contributed by atoms with Crippen LogP contribution in [0.15, 0.2) is 18.5 Å². The standard InChI is InChI=1S/C9H12N6O/c1-15-5-6(4-12-15)3-11-9(16)7-2-8(10)14-13-7/h2,4-5H,3H2,1H3,(H,11,16)(H3,10,13,14). The van der Waals surface area contributed by atoms with Gasteiger partial charge in [-0.15, -0.1) is 0 Å². The minimum atomic E-state index is -0.243. The predicted octanol–water partition coefficient (Wildman–Crippen LogP) is -0.345. The Hall–Kier alpha value is -2.31. The van der Waals surface area contributed by atoms with Gasteiger partial charge >= 0.3 is 0 Å². The van der Waals surface area contributed by atoms with E-state index in [1.807, 2.05) is 13.2 Å². The number of H-pyrrole nitrogens is 1. The molecule has 2 aromatic rings. The van der Waals surface area contributed by atoms with Gasteiger partial charge in [0.15, 0.2) is 0 Å². The van der Waals surface area contributed by atoms with Gasteiger partial charge < -0.3 is 11.1 Å². The number of nitrogens with two attached hydrogens (primary N) is 1. The summed E-state index contributed by atoms with van der Waals surface area (Å²) in [5.41, 5.74) is 6.67. The molecule has 0 fully saturated rings. The number of aryl methyl sites for hydroxylation is 1. The van der Waals surface area contributed by atoms with E-state index in [1.54, 1.807) is 10.9 Å². The number of aromatic nitrogens is 4. The van der Waals surface area contributed by atoms with E-state index in [4.69, 9.17) is 5.73 Å². The van der Waals surface area contributed by atoms with E-state index in [-0.39, 0.29) is 5.91 Å². The van der Waals surface area contributed by atoms with Crippen LogP contribution in [0, 0.1) is 0 Å². The number of rotatable bonds is 3. The van der Waals surface area contributed by atoms with Crippen LogP contribution in [0.4, 0.5) is 5.82 Å². The average Bonchev–Trinajstić information content (AvgIpc) is 2.84. The van der Waals surface area contributed by atoms with Gasteiger partial charge in [-0.3, -0.25) is 14.6 Å². The van der Waals surface area contributed by atoms with E-state index in [1.165, 1.54) is 6.07 Å². The van der Waals surface area contributed by atoms with Crippen molar-refractivity contribution in [2.45, 2.75) is 6.54 Å². The van der Waals surface area contributed by atoms with Crippen molar-refractivity contribution in [2.24, 2.45) is 7.05 Å². The maximum Gasteiger partial charge on any atom is 0.269 e. The monoisotopic (exact) mass is 220 g/mol. The number of hydrogen-bond donors (Lipinski definition) is 3. The Morgan fingerprint density at radius 3 is 3.06 bits per heavy atom. The van der Waals surface area contributed by atoms with Crippen LogP contribution in [-0.4, -0.2) is 25.9 Å². The summed E-state index contributed by atoms with van der Waals surface area (Å²) in [5, 5.41) is 12.9. The Labute approximate surface area is 91.6 Å². The van der Waals surface area contributed by atoms with E-state index in [0.717, 1.165) is 5.56 Å². The minimum Gasteiger partial charge on any atom is -0.382 e. The van der Waals surface area contributed by atoms with Crippen LogP contribution in [-0.2, 0) is 13.6 Å². The maximum atomic E-state index is 11.6. The number of anilines is 1. The number of nitrogen functional groups attached to an aromatic ring is 1. The number of aromatic amines is 1. The zero-order valence-electron chi connectivity index (χ0n) is 8.77. The fraction of sp³-hybridized carbons (Fsp3) is 0.222. The third-order valence-electron chi connectivity index (χ3n) is 2.05. The highest BCUT2D eigenvalue weighted by molar-refractivity contribution is 5.92. The number of nitrogens with one attached hydrogen (secondary N) is 2. The average molecular weight is 220 g/mol. The molecule has 2 heterocycles. The van der Waals surface area contributed by atoms with Crippen LogP contribution in [0.1, 0.15) is 16.1 Å². The molecule has 84 valence electrons. The highest BCUT2D eigenvalue weighted by Gasteiger charge is 2.08. The number of amides is 1. The molecule has 16 heavy (non-hydrogen) atoms. The minimum absolute atomic E-state index is 0.243. The van der Waals surface area contributed by atoms with E-state index >= 15 is 0 Å². The van der Waals surface area contributed by atoms with Crippen molar-refractivity contribution in [3.8, 4) is 0 Å². The first kappa shape index (κ1) is 10.2. The highest BCUT2D eigenvalue weighted by atomic mass is 16.1. The van der Waals surface area contributed by atoms with Crippen molar-refractivity contribution < 1.29 is 4.79 Å². The van der Waals surface area contributed by atoms with Gasteiger partial charge in [-0.05, 0) is 0 Å². The summed E-state index contributed by atoms with van der Waals surface area (Å²) in [7, 11) is 1.82. The van der Waals surface area contributed by atoms with Gasteiger partial charge in [-0.2, -0.15) is 10.2 Å². The zero-order chi connectivity index (χ0) is 11.5. The van der Waals surface area contributed by atoms with Crippen LogP contribution < -0.4 is 11.1 Å². The molecule has 0 saturated heterocycles. The van der Waals surface area contributed by atoms with E-state index in [0.29, 0.717) is 18.1 Å². The zero-order valence-corrected chi connectivity index (χ0v) is 8.77. The molecule has 0 spiro atoms. The van der Waals surface area contributed by atoms with Gasteiger partial charge in [0.05, 0.1) is 6.20 Å². The molecular weight excluding hydrogens is 208 g/mol. The molecule has 4 N–H and O–H groups in total. The molecule has 0 radical (unpaired) electrons. The summed E-state index contributed by atoms with van der Waals surface area (Å²) < 4.78 is 1.68. The van der Waals surface area contributed by atoms with Crippen LogP contribution >= 0.6 is 0 Å². The number of carbonyl (C=O) groups is 1. The Balaban J connectivity index is 1.93. The Morgan fingerprint density at radius 2 is 2.50 bits per heavy atom. The van der Waals surface area contributed by atoms with Crippen LogP contribution in [0.5, 0.6) is 0 Å². The lowest BCUT2D eigenvalue weighted by atomic mass is 10.3. The highest BCUT2D eigenvalue weighted by Crippen LogP contribution is 2.01. The normalized spacial score (nSPS) is 10.3. The largest absolute Gasteiger partial charge is 0.382 e. The molecule has 0 aliphatic carbocycles. The van der Waals surface area contributed by atoms with Crippen molar-refractivity contribution in [1.29, 1.82) is 0 Å². The second-order valence-electron chi connectivity index (χ2n) is 3.41. The lowest BCUT2D eigenvalue weighted by Gasteiger charge is -2.00. The van der Waals surface area contributed by atoms with E-state index in [9.17, 15) is 4.79 Å². The molecule has 0 atom stereocenters. The van der Waals surface area contributed by atoms with Gasteiger partial charge in [-0.25, -0.2) is 0 Å². The van der Waals surface area contributed by atoms with Crippen molar-refractivity contribution in [2.75, 3.05) is 5.73 Å². The Bertz CT molecular complexity index is 500. The second-order valence-corrected chi connectivity index (χ2v) is 3.41. The first-order chi connectivity index (χ1) is 7.65. The molecule has 7 heteroatoms. The quantitative estimate of drug-likeness (QED) is 0.658. The molecule has 1 amide bonds. The van der Waals surface area contributed by atoms with Gasteiger partial charge in [-0.1, -0.05) is 0 Å². The van der Waals surface area contributed by atoms with E-state index in [2.05, 4.69) is 20.6 Å². The number of nitrogens with zero attached hydrogens (tertiary/aromatic N) is 3. The molecule has 0 unspecified atom stereocenters.